The van der Waals surface area contributed by atoms with Crippen LogP contribution < -0.4 is 4.90 Å². The van der Waals surface area contributed by atoms with Crippen LogP contribution in [-0.2, 0) is 5.41 Å². The van der Waals surface area contributed by atoms with Crippen molar-refractivity contribution in [2.45, 2.75) is 19.3 Å². The molecule has 1 nitrogen and oxygen atoms in total. The number of nitrogens with zero attached hydrogens (tertiary/aromatic N) is 1. The van der Waals surface area contributed by atoms with Crippen LogP contribution in [0.4, 0.5) is 17.1 Å². The minimum Gasteiger partial charge on any atom is -0.310 e. The van der Waals surface area contributed by atoms with Crippen LogP contribution in [-0.4, -0.2) is 0 Å². The second-order valence-electron chi connectivity index (χ2n) is 16.4. The van der Waals surface area contributed by atoms with Gasteiger partial charge in [0.15, 0.2) is 0 Å². The first-order chi connectivity index (χ1) is 28.5. The topological polar surface area (TPSA) is 3.24 Å². The molecule has 0 fully saturated rings. The number of hydrogen-bond acceptors (Lipinski definition) is 1. The van der Waals surface area contributed by atoms with Crippen molar-refractivity contribution >= 4 is 81.7 Å². The molecule has 0 unspecified atom stereocenters. The van der Waals surface area contributed by atoms with Crippen molar-refractivity contribution in [2.24, 2.45) is 0 Å². The Bertz CT molecular complexity index is 3460. The maximum atomic E-state index is 2.54. The summed E-state index contributed by atoms with van der Waals surface area (Å²) in [6.07, 6.45) is 0. The van der Waals surface area contributed by atoms with E-state index < -0.39 is 0 Å². The van der Waals surface area contributed by atoms with E-state index >= 15 is 0 Å². The van der Waals surface area contributed by atoms with E-state index in [1.54, 1.807) is 0 Å². The third kappa shape index (κ3) is 4.71. The van der Waals surface area contributed by atoms with Crippen LogP contribution in [0.15, 0.2) is 200 Å². The lowest BCUT2D eigenvalue weighted by Crippen LogP contribution is -2.17. The van der Waals surface area contributed by atoms with Crippen molar-refractivity contribution in [1.29, 1.82) is 0 Å². The molecule has 0 saturated carbocycles. The number of anilines is 3. The van der Waals surface area contributed by atoms with Gasteiger partial charge in [-0.25, -0.2) is 0 Å². The largest absolute Gasteiger partial charge is 0.310 e. The molecule has 0 amide bonds. The zero-order chi connectivity index (χ0) is 38.5. The van der Waals surface area contributed by atoms with Gasteiger partial charge in [0, 0.05) is 27.7 Å². The van der Waals surface area contributed by atoms with Crippen molar-refractivity contribution in [2.75, 3.05) is 4.90 Å². The minimum absolute atomic E-state index is 0.146. The minimum atomic E-state index is -0.146. The molecule has 0 spiro atoms. The van der Waals surface area contributed by atoms with Crippen molar-refractivity contribution in [1.82, 2.24) is 0 Å². The SMILES string of the molecule is CC1(C)c2ccccc2-c2ccc(N(c3ccc4c(ccc5ccccc54)c3)c3ccc4c5ccccc5c5ccccc5c4c3-c3cccc4ccccc34)cc21. The Hall–Kier alpha value is -7.22. The fourth-order valence-electron chi connectivity index (χ4n) is 10.3. The van der Waals surface area contributed by atoms with Crippen molar-refractivity contribution in [3.8, 4) is 22.3 Å². The third-order valence-electron chi connectivity index (χ3n) is 13.0. The Labute approximate surface area is 338 Å². The predicted molar refractivity (Wildman–Crippen MR) is 249 cm³/mol. The summed E-state index contributed by atoms with van der Waals surface area (Å²) in [5, 5.41) is 15.1. The zero-order valence-electron chi connectivity index (χ0n) is 32.5. The molecule has 0 aromatic heterocycles. The standard InChI is InChI=1S/C57H39N/c1-57(2)52-25-12-11-22-47(52)48-31-29-40(35-53(48)57)58(39-28-30-43-38(34-39)27-26-37-15-4-5-17-41(37)43)54-33-32-51-46-21-8-7-19-44(46)45-20-9-10-23-50(45)55(51)56(54)49-24-13-16-36-14-3-6-18-42(36)49/h3-35H,1-2H3. The van der Waals surface area contributed by atoms with E-state index in [0.29, 0.717) is 0 Å². The van der Waals surface area contributed by atoms with Crippen molar-refractivity contribution in [3.05, 3.63) is 211 Å². The fraction of sp³-hybridized carbons (Fsp3) is 0.0526. The lowest BCUT2D eigenvalue weighted by atomic mass is 9.82. The molecule has 0 bridgehead atoms. The molecule has 12 rings (SSSR count). The maximum absolute atomic E-state index is 2.54. The van der Waals surface area contributed by atoms with Gasteiger partial charge in [0.05, 0.1) is 5.69 Å². The van der Waals surface area contributed by atoms with Gasteiger partial charge >= 0.3 is 0 Å². The Balaban J connectivity index is 1.23. The normalized spacial score (nSPS) is 13.1. The van der Waals surface area contributed by atoms with Crippen molar-refractivity contribution in [3.63, 3.8) is 0 Å². The summed E-state index contributed by atoms with van der Waals surface area (Å²) in [6.45, 7) is 4.75. The van der Waals surface area contributed by atoms with Gasteiger partial charge in [0.25, 0.3) is 0 Å². The van der Waals surface area contributed by atoms with Crippen molar-refractivity contribution < 1.29 is 0 Å². The molecule has 11 aromatic carbocycles. The quantitative estimate of drug-likeness (QED) is 0.163. The van der Waals surface area contributed by atoms with Gasteiger partial charge in [0.2, 0.25) is 0 Å². The van der Waals surface area contributed by atoms with E-state index in [9.17, 15) is 0 Å². The summed E-state index contributed by atoms with van der Waals surface area (Å²) in [4.78, 5) is 2.54. The molecule has 0 atom stereocenters. The lowest BCUT2D eigenvalue weighted by Gasteiger charge is -2.31. The van der Waals surface area contributed by atoms with E-state index in [0.717, 1.165) is 17.1 Å². The van der Waals surface area contributed by atoms with Gasteiger partial charge < -0.3 is 4.90 Å². The number of hydrogen-bond donors (Lipinski definition) is 0. The average molecular weight is 738 g/mol. The van der Waals surface area contributed by atoms with E-state index in [1.165, 1.54) is 98.0 Å². The molecule has 0 aliphatic heterocycles. The van der Waals surface area contributed by atoms with E-state index in [-0.39, 0.29) is 5.41 Å². The fourth-order valence-corrected chi connectivity index (χ4v) is 10.3. The second kappa shape index (κ2) is 12.4. The first kappa shape index (κ1) is 33.0. The number of benzene rings is 11. The summed E-state index contributed by atoms with van der Waals surface area (Å²) in [7, 11) is 0. The molecule has 0 N–H and O–H groups in total. The highest BCUT2D eigenvalue weighted by Gasteiger charge is 2.36. The van der Waals surface area contributed by atoms with Crippen LogP contribution in [0.1, 0.15) is 25.0 Å². The Kier molecular flexibility index (Phi) is 7.04. The Morgan fingerprint density at radius 3 is 1.62 bits per heavy atom. The average Bonchev–Trinajstić information content (AvgIpc) is 3.51. The molecule has 0 radical (unpaired) electrons. The summed E-state index contributed by atoms with van der Waals surface area (Å²) >= 11 is 0. The summed E-state index contributed by atoms with van der Waals surface area (Å²) in [5.74, 6) is 0. The van der Waals surface area contributed by atoms with Gasteiger partial charge in [0.1, 0.15) is 0 Å². The van der Waals surface area contributed by atoms with Crippen LogP contribution >= 0.6 is 0 Å². The van der Waals surface area contributed by atoms with Crippen LogP contribution in [0, 0.1) is 0 Å². The smallest absolute Gasteiger partial charge is 0.0546 e. The van der Waals surface area contributed by atoms with Gasteiger partial charge in [-0.1, -0.05) is 184 Å². The summed E-state index contributed by atoms with van der Waals surface area (Å²) in [6, 6.07) is 74.7. The first-order valence-electron chi connectivity index (χ1n) is 20.3. The van der Waals surface area contributed by atoms with Gasteiger partial charge in [-0.05, 0) is 117 Å². The van der Waals surface area contributed by atoms with E-state index in [4.69, 9.17) is 0 Å². The van der Waals surface area contributed by atoms with Gasteiger partial charge in [-0.2, -0.15) is 0 Å². The number of fused-ring (bicyclic) bond motifs is 13. The highest BCUT2D eigenvalue weighted by Crippen LogP contribution is 2.53. The molecule has 1 aliphatic carbocycles. The van der Waals surface area contributed by atoms with Crippen LogP contribution in [0.2, 0.25) is 0 Å². The van der Waals surface area contributed by atoms with Crippen LogP contribution in [0.5, 0.6) is 0 Å². The maximum Gasteiger partial charge on any atom is 0.0546 e. The third-order valence-corrected chi connectivity index (χ3v) is 13.0. The predicted octanol–water partition coefficient (Wildman–Crippen LogP) is 16.0. The zero-order valence-corrected chi connectivity index (χ0v) is 32.5. The molecular formula is C57H39N. The Morgan fingerprint density at radius 1 is 0.328 bits per heavy atom. The number of rotatable bonds is 4. The molecule has 0 heterocycles. The monoisotopic (exact) mass is 737 g/mol. The molecule has 272 valence electrons. The molecule has 11 aromatic rings. The van der Waals surface area contributed by atoms with Gasteiger partial charge in [-0.15, -0.1) is 0 Å². The van der Waals surface area contributed by atoms with Gasteiger partial charge in [-0.3, -0.25) is 0 Å². The van der Waals surface area contributed by atoms with Crippen LogP contribution in [0.3, 0.4) is 0 Å². The molecule has 58 heavy (non-hydrogen) atoms. The summed E-state index contributed by atoms with van der Waals surface area (Å²) in [5.41, 5.74) is 11.1. The highest BCUT2D eigenvalue weighted by molar-refractivity contribution is 6.31. The summed E-state index contributed by atoms with van der Waals surface area (Å²) < 4.78 is 0. The molecule has 0 saturated heterocycles. The van der Waals surface area contributed by atoms with E-state index in [1.807, 2.05) is 0 Å². The van der Waals surface area contributed by atoms with E-state index in [2.05, 4.69) is 219 Å². The Morgan fingerprint density at radius 2 is 0.828 bits per heavy atom. The molecular weight excluding hydrogens is 699 g/mol. The highest BCUT2D eigenvalue weighted by atomic mass is 15.1. The first-order valence-corrected chi connectivity index (χ1v) is 20.3. The second-order valence-corrected chi connectivity index (χ2v) is 16.4. The molecule has 1 aliphatic rings. The molecule has 1 heteroatoms. The van der Waals surface area contributed by atoms with Crippen LogP contribution in [0.25, 0.3) is 86.9 Å². The lowest BCUT2D eigenvalue weighted by molar-refractivity contribution is 0.660.